The van der Waals surface area contributed by atoms with E-state index >= 15 is 0 Å². The maximum absolute atomic E-state index is 14.1. The molecule has 1 heterocycles. The Hall–Kier alpha value is -4.53. The number of amides is 2. The Morgan fingerprint density at radius 3 is 2.35 bits per heavy atom. The van der Waals surface area contributed by atoms with Gasteiger partial charge in [-0.2, -0.15) is 0 Å². The lowest BCUT2D eigenvalue weighted by Gasteiger charge is -2.36. The molecule has 298 valence electrons. The second-order valence-electron chi connectivity index (χ2n) is 14.2. The molecular weight excluding hydrogens is 699 g/mol. The summed E-state index contributed by atoms with van der Waals surface area (Å²) >= 11 is 0. The third kappa shape index (κ3) is 15.1. The Balaban J connectivity index is 2.12. The summed E-state index contributed by atoms with van der Waals surface area (Å²) in [5, 5.41) is 27.4. The normalized spacial score (nSPS) is 18.5. The number of benzene rings is 1. The Morgan fingerprint density at radius 1 is 1.07 bits per heavy atom. The predicted octanol–water partition coefficient (Wildman–Crippen LogP) is 3.43. The van der Waals surface area contributed by atoms with Crippen molar-refractivity contribution in [2.45, 2.75) is 110 Å². The monoisotopic (exact) mass is 756 g/mol. The number of nitrogens with zero attached hydrogens (tertiary/aromatic N) is 1. The molecule has 2 amide bonds. The number of aliphatic hydroxyl groups excluding tert-OH is 1. The van der Waals surface area contributed by atoms with Crippen LogP contribution in [0.25, 0.3) is 0 Å². The van der Waals surface area contributed by atoms with E-state index < -0.39 is 59.9 Å². The number of halogens is 1. The molecule has 13 nitrogen and oxygen atoms in total. The van der Waals surface area contributed by atoms with E-state index in [4.69, 9.17) is 4.74 Å². The van der Waals surface area contributed by atoms with Gasteiger partial charge in [0, 0.05) is 37.8 Å². The van der Waals surface area contributed by atoms with Crippen molar-refractivity contribution in [1.29, 1.82) is 0 Å². The number of ether oxygens (including phenoxy) is 1. The van der Waals surface area contributed by atoms with Crippen LogP contribution in [0.3, 0.4) is 0 Å². The van der Waals surface area contributed by atoms with E-state index in [-0.39, 0.29) is 54.7 Å². The van der Waals surface area contributed by atoms with Gasteiger partial charge in [-0.05, 0) is 87.8 Å². The molecule has 54 heavy (non-hydrogen) atoms. The van der Waals surface area contributed by atoms with Gasteiger partial charge < -0.3 is 35.2 Å². The first-order valence-corrected chi connectivity index (χ1v) is 18.4. The maximum Gasteiger partial charge on any atom is 0.325 e. The molecule has 7 atom stereocenters. The van der Waals surface area contributed by atoms with Gasteiger partial charge in [-0.1, -0.05) is 45.1 Å². The van der Waals surface area contributed by atoms with Crippen LogP contribution in [0.1, 0.15) is 78.7 Å². The Kier molecular flexibility index (Phi) is 19.7. The molecule has 1 saturated heterocycles. The zero-order valence-electron chi connectivity index (χ0n) is 32.1. The first kappa shape index (κ1) is 45.6. The number of Topliss-reactive ketones (excluding diaryl/α,β-unsaturated/α-hetero) is 1. The molecule has 6 unspecified atom stereocenters. The molecule has 0 aliphatic carbocycles. The summed E-state index contributed by atoms with van der Waals surface area (Å²) in [5.41, 5.74) is 3.72. The fourth-order valence-corrected chi connectivity index (χ4v) is 6.19. The third-order valence-electron chi connectivity index (χ3n) is 9.36. The van der Waals surface area contributed by atoms with Gasteiger partial charge >= 0.3 is 5.97 Å². The number of hydrogen-bond donors (Lipinski definition) is 5. The summed E-state index contributed by atoms with van der Waals surface area (Å²) in [6.07, 6.45) is 9.88. The highest BCUT2D eigenvalue weighted by atomic mass is 19.1. The highest BCUT2D eigenvalue weighted by Crippen LogP contribution is 2.21. The minimum Gasteiger partial charge on any atom is -0.508 e. The van der Waals surface area contributed by atoms with E-state index in [2.05, 4.69) is 16.1 Å². The van der Waals surface area contributed by atoms with Crippen LogP contribution in [0.2, 0.25) is 0 Å². The van der Waals surface area contributed by atoms with Crippen LogP contribution in [0.4, 0.5) is 4.39 Å². The quantitative estimate of drug-likeness (QED) is 0.0504. The molecule has 0 spiro atoms. The number of esters is 1. The predicted molar refractivity (Wildman–Crippen MR) is 201 cm³/mol. The number of hydrogen-bond acceptors (Lipinski definition) is 11. The molecule has 1 fully saturated rings. The van der Waals surface area contributed by atoms with E-state index in [0.29, 0.717) is 43.8 Å². The number of aldehydes is 2. The first-order chi connectivity index (χ1) is 25.6. The van der Waals surface area contributed by atoms with Gasteiger partial charge in [-0.3, -0.25) is 24.2 Å². The average molecular weight is 757 g/mol. The smallest absolute Gasteiger partial charge is 0.325 e. The zero-order valence-corrected chi connectivity index (χ0v) is 32.1. The van der Waals surface area contributed by atoms with Crippen LogP contribution in [0, 0.1) is 23.6 Å². The zero-order chi connectivity index (χ0) is 40.4. The number of aliphatic hydroxyl groups is 1. The second kappa shape index (κ2) is 23.3. The summed E-state index contributed by atoms with van der Waals surface area (Å²) in [4.78, 5) is 74.5. The van der Waals surface area contributed by atoms with Gasteiger partial charge in [0.05, 0.1) is 12.1 Å². The van der Waals surface area contributed by atoms with Crippen molar-refractivity contribution in [1.82, 2.24) is 21.1 Å². The molecule has 0 aromatic heterocycles. The molecule has 1 aromatic rings. The van der Waals surface area contributed by atoms with Gasteiger partial charge in [0.25, 0.3) is 5.91 Å². The van der Waals surface area contributed by atoms with Crippen LogP contribution in [-0.4, -0.2) is 95.3 Å². The van der Waals surface area contributed by atoms with Crippen LogP contribution >= 0.6 is 0 Å². The average Bonchev–Trinajstić information content (AvgIpc) is 3.11. The summed E-state index contributed by atoms with van der Waals surface area (Å²) < 4.78 is 20.0. The highest BCUT2D eigenvalue weighted by Gasteiger charge is 2.35. The lowest BCUT2D eigenvalue weighted by Crippen LogP contribution is -2.61. The van der Waals surface area contributed by atoms with E-state index in [0.717, 1.165) is 6.07 Å². The van der Waals surface area contributed by atoms with E-state index in [1.54, 1.807) is 32.2 Å². The van der Waals surface area contributed by atoms with Gasteiger partial charge in [-0.25, -0.2) is 9.82 Å². The Bertz CT molecular complexity index is 1510. The number of rotatable bonds is 22. The number of ketones is 1. The minimum atomic E-state index is -1.16. The van der Waals surface area contributed by atoms with Crippen LogP contribution in [0.5, 0.6) is 5.75 Å². The first-order valence-electron chi connectivity index (χ1n) is 18.4. The topological polar surface area (TPSA) is 191 Å². The molecule has 0 saturated carbocycles. The Morgan fingerprint density at radius 2 is 1.76 bits per heavy atom. The molecular formula is C40H57FN4O9. The number of phenols is 1. The van der Waals surface area contributed by atoms with Crippen molar-refractivity contribution >= 4 is 36.1 Å². The summed E-state index contributed by atoms with van der Waals surface area (Å²) in [7, 11) is 1.63. The SMILES string of the molecule is CNC(C(=O)NC(Cc1cc(O)cc(F)c1)C(=O)N1CCCC(C(=O)O[C@@H](C/C=C/C=C/CC(C)C(O)C(C=O)CCC(C)=O)/C(C)=C/C=O)N1)C(C)C. The van der Waals surface area contributed by atoms with E-state index in [9.17, 15) is 43.4 Å². The van der Waals surface area contributed by atoms with Crippen LogP contribution in [0.15, 0.2) is 54.2 Å². The summed E-state index contributed by atoms with van der Waals surface area (Å²) in [6, 6.07) is 0.708. The molecule has 5 N–H and O–H groups in total. The molecule has 0 bridgehead atoms. The van der Waals surface area contributed by atoms with Gasteiger partial charge in [0.1, 0.15) is 48.1 Å². The van der Waals surface area contributed by atoms with Gasteiger partial charge in [0.15, 0.2) is 0 Å². The van der Waals surface area contributed by atoms with Crippen LogP contribution < -0.4 is 16.1 Å². The number of nitrogens with one attached hydrogen (secondary N) is 3. The number of carbonyl (C=O) groups is 6. The number of phenolic OH excluding ortho intramolecular Hbond substituents is 1. The number of likely N-dealkylation sites (N-methyl/N-ethyl adjacent to an activating group) is 1. The van der Waals surface area contributed by atoms with Crippen molar-refractivity contribution in [2.24, 2.45) is 17.8 Å². The van der Waals surface area contributed by atoms with Gasteiger partial charge in [0.2, 0.25) is 5.91 Å². The molecule has 0 radical (unpaired) electrons. The fourth-order valence-electron chi connectivity index (χ4n) is 6.19. The third-order valence-corrected chi connectivity index (χ3v) is 9.36. The maximum atomic E-state index is 14.1. The number of aromatic hydroxyl groups is 1. The number of hydrazine groups is 1. The lowest BCUT2D eigenvalue weighted by molar-refractivity contribution is -0.156. The number of allylic oxidation sites excluding steroid dienone is 4. The Labute approximate surface area is 317 Å². The molecule has 14 heteroatoms. The molecule has 1 aliphatic heterocycles. The van der Waals surface area contributed by atoms with Crippen molar-refractivity contribution in [3.8, 4) is 5.75 Å². The van der Waals surface area contributed by atoms with Crippen LogP contribution in [-0.2, 0) is 39.9 Å². The second-order valence-corrected chi connectivity index (χ2v) is 14.2. The van der Waals surface area contributed by atoms with E-state index in [1.165, 1.54) is 30.1 Å². The van der Waals surface area contributed by atoms with Crippen molar-refractivity contribution in [3.05, 3.63) is 65.5 Å². The molecule has 1 aliphatic rings. The van der Waals surface area contributed by atoms with E-state index in [1.807, 2.05) is 26.8 Å². The largest absolute Gasteiger partial charge is 0.508 e. The van der Waals surface area contributed by atoms with Crippen molar-refractivity contribution in [3.63, 3.8) is 0 Å². The van der Waals surface area contributed by atoms with Crippen molar-refractivity contribution < 1.29 is 48.1 Å². The fraction of sp³-hybridized carbons (Fsp3) is 0.550. The standard InChI is InChI=1S/C40H57FN4O9/c1-25(2)36(42-6)38(51)43-34(22-29-20-31(41)23-32(49)21-29)39(52)45-18-11-13-33(44-45)40(53)54-35(26(3)17-19-46)14-10-8-7-9-12-27(4)37(50)30(24-47)16-15-28(5)48/h7-10,17,19-21,23-25,27,30,33-37,42,44,49-50H,11-16,18,22H2,1-6H3,(H,43,51)/b9-7+,10-8+,26-17+/t27?,30?,33?,34?,35-,36?,37?/m0/s1. The summed E-state index contributed by atoms with van der Waals surface area (Å²) in [5.74, 6) is -3.69. The minimum absolute atomic E-state index is 0.0427. The lowest BCUT2D eigenvalue weighted by atomic mass is 9.87. The summed E-state index contributed by atoms with van der Waals surface area (Å²) in [6.45, 7) is 8.83. The van der Waals surface area contributed by atoms with Crippen molar-refractivity contribution in [2.75, 3.05) is 13.6 Å². The number of carbonyl (C=O) groups excluding carboxylic acids is 6. The molecule has 1 aromatic carbocycles. The highest BCUT2D eigenvalue weighted by molar-refractivity contribution is 5.90. The van der Waals surface area contributed by atoms with Gasteiger partial charge in [-0.15, -0.1) is 0 Å². The molecule has 2 rings (SSSR count).